The predicted octanol–water partition coefficient (Wildman–Crippen LogP) is 2.57. The molecule has 2 rings (SSSR count). The lowest BCUT2D eigenvalue weighted by Crippen LogP contribution is -2.20. The molecule has 0 fully saturated rings. The molecule has 0 saturated heterocycles. The fraction of sp³-hybridized carbons (Fsp3) is 0.0667. The van der Waals surface area contributed by atoms with Gasteiger partial charge in [-0.1, -0.05) is 22.0 Å². The van der Waals surface area contributed by atoms with E-state index < -0.39 is 5.91 Å². The molecule has 0 aliphatic heterocycles. The number of carbonyl (C=O) groups excluding carboxylic acids is 2. The first kappa shape index (κ1) is 15.1. The van der Waals surface area contributed by atoms with Crippen molar-refractivity contribution in [3.8, 4) is 5.75 Å². The van der Waals surface area contributed by atoms with Crippen LogP contribution >= 0.6 is 15.9 Å². The average molecular weight is 349 g/mol. The van der Waals surface area contributed by atoms with Gasteiger partial charge < -0.3 is 15.8 Å². The Labute approximate surface area is 130 Å². The maximum Gasteiger partial charge on any atom is 0.255 e. The Kier molecular flexibility index (Phi) is 4.94. The number of ether oxygens (including phenoxy) is 1. The van der Waals surface area contributed by atoms with Gasteiger partial charge in [-0.25, -0.2) is 0 Å². The molecule has 0 saturated carbocycles. The minimum atomic E-state index is -0.570. The smallest absolute Gasteiger partial charge is 0.255 e. The van der Waals surface area contributed by atoms with Gasteiger partial charge in [0.25, 0.3) is 11.8 Å². The molecule has 6 heteroatoms. The first-order valence-corrected chi connectivity index (χ1v) is 6.92. The first-order chi connectivity index (χ1) is 10.0. The van der Waals surface area contributed by atoms with E-state index in [1.165, 1.54) is 0 Å². The average Bonchev–Trinajstić information content (AvgIpc) is 2.48. The lowest BCUT2D eigenvalue weighted by Gasteiger charge is -2.08. The van der Waals surface area contributed by atoms with E-state index in [2.05, 4.69) is 21.2 Å². The monoisotopic (exact) mass is 348 g/mol. The number of halogens is 1. The van der Waals surface area contributed by atoms with Crippen molar-refractivity contribution in [3.63, 3.8) is 0 Å². The van der Waals surface area contributed by atoms with Gasteiger partial charge in [0.1, 0.15) is 5.75 Å². The largest absolute Gasteiger partial charge is 0.484 e. The summed E-state index contributed by atoms with van der Waals surface area (Å²) >= 11 is 3.33. The van der Waals surface area contributed by atoms with Gasteiger partial charge >= 0.3 is 0 Å². The molecule has 108 valence electrons. The van der Waals surface area contributed by atoms with Crippen LogP contribution in [-0.2, 0) is 4.79 Å². The lowest BCUT2D eigenvalue weighted by atomic mass is 10.2. The maximum atomic E-state index is 12.1. The Balaban J connectivity index is 2.06. The van der Waals surface area contributed by atoms with Crippen LogP contribution in [0.4, 0.5) is 5.69 Å². The van der Waals surface area contributed by atoms with Crippen LogP contribution in [-0.4, -0.2) is 18.4 Å². The first-order valence-electron chi connectivity index (χ1n) is 6.12. The molecule has 2 aromatic carbocycles. The van der Waals surface area contributed by atoms with Gasteiger partial charge in [-0.2, -0.15) is 0 Å². The summed E-state index contributed by atoms with van der Waals surface area (Å²) in [6, 6.07) is 13.8. The number of nitrogens with two attached hydrogens (primary N) is 1. The molecule has 0 spiro atoms. The fourth-order valence-corrected chi connectivity index (χ4v) is 1.88. The topological polar surface area (TPSA) is 81.4 Å². The van der Waals surface area contributed by atoms with Crippen LogP contribution in [0.2, 0.25) is 0 Å². The van der Waals surface area contributed by atoms with Crippen LogP contribution in [0.15, 0.2) is 53.0 Å². The Hall–Kier alpha value is -2.34. The highest BCUT2D eigenvalue weighted by Crippen LogP contribution is 2.17. The van der Waals surface area contributed by atoms with E-state index >= 15 is 0 Å². The molecule has 3 N–H and O–H groups in total. The summed E-state index contributed by atoms with van der Waals surface area (Å²) in [6.07, 6.45) is 0. The Morgan fingerprint density at radius 3 is 2.52 bits per heavy atom. The highest BCUT2D eigenvalue weighted by Gasteiger charge is 2.07. The fourth-order valence-electron chi connectivity index (χ4n) is 1.62. The van der Waals surface area contributed by atoms with Crippen LogP contribution in [0, 0.1) is 0 Å². The summed E-state index contributed by atoms with van der Waals surface area (Å²) in [4.78, 5) is 22.8. The highest BCUT2D eigenvalue weighted by atomic mass is 79.9. The van der Waals surface area contributed by atoms with E-state index in [4.69, 9.17) is 10.5 Å². The van der Waals surface area contributed by atoms with E-state index in [1.807, 2.05) is 12.1 Å². The van der Waals surface area contributed by atoms with Crippen molar-refractivity contribution in [2.45, 2.75) is 0 Å². The lowest BCUT2D eigenvalue weighted by molar-refractivity contribution is -0.119. The van der Waals surface area contributed by atoms with Crippen LogP contribution < -0.4 is 15.8 Å². The van der Waals surface area contributed by atoms with Crippen LogP contribution in [0.3, 0.4) is 0 Å². The summed E-state index contributed by atoms with van der Waals surface area (Å²) in [5.74, 6) is -0.418. The summed E-state index contributed by atoms with van der Waals surface area (Å²) in [6.45, 7) is -0.224. The molecular formula is C15H13BrN2O3. The van der Waals surface area contributed by atoms with Gasteiger partial charge in [0.2, 0.25) is 0 Å². The second-order valence-electron chi connectivity index (χ2n) is 4.24. The van der Waals surface area contributed by atoms with Crippen molar-refractivity contribution in [2.24, 2.45) is 5.73 Å². The van der Waals surface area contributed by atoms with E-state index in [-0.39, 0.29) is 12.5 Å². The van der Waals surface area contributed by atoms with E-state index in [9.17, 15) is 9.59 Å². The highest BCUT2D eigenvalue weighted by molar-refractivity contribution is 9.10. The number of amides is 2. The minimum Gasteiger partial charge on any atom is -0.484 e. The molecule has 5 nitrogen and oxygen atoms in total. The molecular weight excluding hydrogens is 336 g/mol. The number of nitrogens with one attached hydrogen (secondary N) is 1. The van der Waals surface area contributed by atoms with Crippen LogP contribution in [0.1, 0.15) is 10.4 Å². The van der Waals surface area contributed by atoms with Gasteiger partial charge in [0.15, 0.2) is 6.61 Å². The van der Waals surface area contributed by atoms with Crippen molar-refractivity contribution in [2.75, 3.05) is 11.9 Å². The van der Waals surface area contributed by atoms with Gasteiger partial charge in [-0.15, -0.1) is 0 Å². The van der Waals surface area contributed by atoms with Gasteiger partial charge in [-0.05, 0) is 42.5 Å². The number of hydrogen-bond acceptors (Lipinski definition) is 3. The number of primary amides is 1. The summed E-state index contributed by atoms with van der Waals surface area (Å²) in [7, 11) is 0. The Morgan fingerprint density at radius 2 is 1.86 bits per heavy atom. The van der Waals surface area contributed by atoms with E-state index in [0.29, 0.717) is 17.0 Å². The summed E-state index contributed by atoms with van der Waals surface area (Å²) < 4.78 is 6.10. The second-order valence-corrected chi connectivity index (χ2v) is 5.16. The summed E-state index contributed by atoms with van der Waals surface area (Å²) in [5, 5.41) is 2.77. The quantitative estimate of drug-likeness (QED) is 0.871. The molecule has 0 heterocycles. The number of rotatable bonds is 5. The van der Waals surface area contributed by atoms with E-state index in [0.717, 1.165) is 4.47 Å². The number of carbonyl (C=O) groups is 2. The van der Waals surface area contributed by atoms with Crippen molar-refractivity contribution < 1.29 is 14.3 Å². The maximum absolute atomic E-state index is 12.1. The second kappa shape index (κ2) is 6.90. The zero-order valence-corrected chi connectivity index (χ0v) is 12.6. The molecule has 0 radical (unpaired) electrons. The summed E-state index contributed by atoms with van der Waals surface area (Å²) in [5.41, 5.74) is 6.12. The third kappa shape index (κ3) is 4.61. The van der Waals surface area contributed by atoms with Crippen molar-refractivity contribution in [3.05, 3.63) is 58.6 Å². The molecule has 0 bridgehead atoms. The van der Waals surface area contributed by atoms with Crippen molar-refractivity contribution in [1.82, 2.24) is 0 Å². The van der Waals surface area contributed by atoms with Crippen molar-refractivity contribution >= 4 is 33.4 Å². The number of benzene rings is 2. The van der Waals surface area contributed by atoms with Crippen LogP contribution in [0.5, 0.6) is 5.75 Å². The normalized spacial score (nSPS) is 9.95. The Bertz CT molecular complexity index is 656. The zero-order chi connectivity index (χ0) is 15.2. The molecule has 2 aromatic rings. The molecule has 2 amide bonds. The minimum absolute atomic E-state index is 0.224. The van der Waals surface area contributed by atoms with Gasteiger partial charge in [-0.3, -0.25) is 9.59 Å². The van der Waals surface area contributed by atoms with Gasteiger partial charge in [0, 0.05) is 15.7 Å². The molecule has 0 aliphatic carbocycles. The number of anilines is 1. The number of hydrogen-bond donors (Lipinski definition) is 2. The Morgan fingerprint density at radius 1 is 1.14 bits per heavy atom. The zero-order valence-electron chi connectivity index (χ0n) is 11.0. The standard InChI is InChI=1S/C15H13BrN2O3/c16-11-4-6-12(7-5-11)18-15(20)10-2-1-3-13(8-10)21-9-14(17)19/h1-8H,9H2,(H2,17,19)(H,18,20). The predicted molar refractivity (Wildman–Crippen MR) is 83.2 cm³/mol. The van der Waals surface area contributed by atoms with Crippen LogP contribution in [0.25, 0.3) is 0 Å². The molecule has 21 heavy (non-hydrogen) atoms. The molecule has 0 aliphatic rings. The molecule has 0 aromatic heterocycles. The van der Waals surface area contributed by atoms with E-state index in [1.54, 1.807) is 36.4 Å². The molecule has 0 atom stereocenters. The van der Waals surface area contributed by atoms with Gasteiger partial charge in [0.05, 0.1) is 0 Å². The molecule has 0 unspecified atom stereocenters. The SMILES string of the molecule is NC(=O)COc1cccc(C(=O)Nc2ccc(Br)cc2)c1. The third-order valence-corrected chi connectivity index (χ3v) is 3.11. The van der Waals surface area contributed by atoms with Crippen molar-refractivity contribution in [1.29, 1.82) is 0 Å². The third-order valence-electron chi connectivity index (χ3n) is 2.58.